The molecule has 1 heterocycles. The quantitative estimate of drug-likeness (QED) is 0.270. The van der Waals surface area contributed by atoms with Crippen LogP contribution in [0.2, 0.25) is 0 Å². The SMILES string of the molecule is C=CC=C.CC.CC(C)C.CCCC(CC)c1ccc(OC2CCCC(Cc3ccccc3)O2)c(N)c1. The maximum atomic E-state index is 6.30. The molecule has 1 saturated heterocycles. The van der Waals surface area contributed by atoms with Crippen molar-refractivity contribution in [1.82, 2.24) is 0 Å². The first-order valence-corrected chi connectivity index (χ1v) is 14.3. The van der Waals surface area contributed by atoms with E-state index in [2.05, 4.69) is 84.2 Å². The minimum Gasteiger partial charge on any atom is -0.463 e. The molecule has 2 aromatic rings. The highest BCUT2D eigenvalue weighted by Gasteiger charge is 2.24. The third-order valence-corrected chi connectivity index (χ3v) is 5.68. The molecule has 0 radical (unpaired) electrons. The summed E-state index contributed by atoms with van der Waals surface area (Å²) < 4.78 is 12.3. The summed E-state index contributed by atoms with van der Waals surface area (Å²) in [6, 6.07) is 16.8. The van der Waals surface area contributed by atoms with Crippen LogP contribution in [0.25, 0.3) is 0 Å². The molecule has 3 unspecified atom stereocenters. The van der Waals surface area contributed by atoms with Gasteiger partial charge in [-0.15, -0.1) is 0 Å². The molecule has 3 nitrogen and oxygen atoms in total. The maximum absolute atomic E-state index is 6.30. The Balaban J connectivity index is 0.00000112. The lowest BCUT2D eigenvalue weighted by molar-refractivity contribution is -0.146. The Morgan fingerprint density at radius 2 is 1.62 bits per heavy atom. The summed E-state index contributed by atoms with van der Waals surface area (Å²) >= 11 is 0. The number of ether oxygens (including phenoxy) is 2. The van der Waals surface area contributed by atoms with E-state index in [1.54, 1.807) is 12.2 Å². The van der Waals surface area contributed by atoms with Crippen molar-refractivity contribution in [2.45, 2.75) is 112 Å². The first-order valence-electron chi connectivity index (χ1n) is 14.3. The van der Waals surface area contributed by atoms with Crippen LogP contribution in [-0.2, 0) is 11.2 Å². The molecular weight excluding hydrogens is 454 g/mol. The molecule has 0 saturated carbocycles. The highest BCUT2D eigenvalue weighted by Crippen LogP contribution is 2.32. The summed E-state index contributed by atoms with van der Waals surface area (Å²) in [4.78, 5) is 0. The van der Waals surface area contributed by atoms with E-state index in [9.17, 15) is 0 Å². The highest BCUT2D eigenvalue weighted by molar-refractivity contribution is 5.55. The van der Waals surface area contributed by atoms with Crippen LogP contribution in [0.4, 0.5) is 5.69 Å². The van der Waals surface area contributed by atoms with Crippen molar-refractivity contribution < 1.29 is 9.47 Å². The molecule has 3 rings (SSSR count). The third-order valence-electron chi connectivity index (χ3n) is 5.68. The van der Waals surface area contributed by atoms with E-state index in [4.69, 9.17) is 15.2 Å². The largest absolute Gasteiger partial charge is 0.463 e. The molecule has 1 fully saturated rings. The molecule has 0 aromatic heterocycles. The highest BCUT2D eigenvalue weighted by atomic mass is 16.7. The number of nitrogen functional groups attached to an aromatic ring is 1. The van der Waals surface area contributed by atoms with Crippen molar-refractivity contribution in [2.24, 2.45) is 5.92 Å². The molecular formula is C34H55NO2. The van der Waals surface area contributed by atoms with Gasteiger partial charge in [-0.05, 0) is 67.2 Å². The minimum atomic E-state index is -0.210. The number of hydrogen-bond donors (Lipinski definition) is 1. The monoisotopic (exact) mass is 509 g/mol. The molecule has 37 heavy (non-hydrogen) atoms. The Hall–Kier alpha value is -2.52. The van der Waals surface area contributed by atoms with Gasteiger partial charge in [0.15, 0.2) is 6.29 Å². The number of benzene rings is 2. The van der Waals surface area contributed by atoms with Crippen LogP contribution in [0.3, 0.4) is 0 Å². The second-order valence-electron chi connectivity index (χ2n) is 9.82. The van der Waals surface area contributed by atoms with Gasteiger partial charge in [-0.2, -0.15) is 0 Å². The fourth-order valence-corrected chi connectivity index (χ4v) is 4.00. The van der Waals surface area contributed by atoms with E-state index >= 15 is 0 Å². The average Bonchev–Trinajstić information content (AvgIpc) is 2.90. The van der Waals surface area contributed by atoms with Crippen molar-refractivity contribution in [3.8, 4) is 5.75 Å². The Morgan fingerprint density at radius 1 is 1.00 bits per heavy atom. The third kappa shape index (κ3) is 15.4. The molecule has 1 aliphatic heterocycles. The molecule has 208 valence electrons. The van der Waals surface area contributed by atoms with Gasteiger partial charge in [0.2, 0.25) is 0 Å². The number of rotatable bonds is 9. The Bertz CT molecular complexity index is 822. The van der Waals surface area contributed by atoms with Crippen molar-refractivity contribution >= 4 is 5.69 Å². The van der Waals surface area contributed by atoms with E-state index in [0.717, 1.165) is 49.5 Å². The molecule has 0 bridgehead atoms. The Labute approximate surface area is 229 Å². The first kappa shape index (κ1) is 34.5. The standard InChI is InChI=1S/C24H33NO2.C4H10.C4H6.C2H6/c1-3-9-19(4-2)20-14-15-23(22(25)17-20)27-24-13-8-12-21(26-24)16-18-10-6-5-7-11-18;1-4(2)3;1-3-4-2;1-2/h5-7,10-11,14-15,17,19,21,24H,3-4,8-9,12-13,16,25H2,1-2H3;4H,1-3H3;3-4H,1-2H2;1-2H3. The van der Waals surface area contributed by atoms with Crippen LogP contribution in [0.5, 0.6) is 5.75 Å². The Morgan fingerprint density at radius 3 is 2.14 bits per heavy atom. The molecule has 3 heteroatoms. The zero-order chi connectivity index (χ0) is 28.1. The average molecular weight is 510 g/mol. The first-order chi connectivity index (χ1) is 17.8. The number of hydrogen-bond acceptors (Lipinski definition) is 3. The fourth-order valence-electron chi connectivity index (χ4n) is 4.00. The molecule has 1 aliphatic rings. The second-order valence-corrected chi connectivity index (χ2v) is 9.82. The smallest absolute Gasteiger partial charge is 0.200 e. The summed E-state index contributed by atoms with van der Waals surface area (Å²) in [6.07, 6.45) is 10.9. The predicted octanol–water partition coefficient (Wildman–Crippen LogP) is 10.1. The van der Waals surface area contributed by atoms with Gasteiger partial charge >= 0.3 is 0 Å². The van der Waals surface area contributed by atoms with Crippen molar-refractivity contribution in [2.75, 3.05) is 5.73 Å². The van der Waals surface area contributed by atoms with E-state index in [1.807, 2.05) is 26.0 Å². The maximum Gasteiger partial charge on any atom is 0.200 e. The van der Waals surface area contributed by atoms with Crippen LogP contribution >= 0.6 is 0 Å². The molecule has 0 spiro atoms. The number of anilines is 1. The summed E-state index contributed by atoms with van der Waals surface area (Å²) in [7, 11) is 0. The zero-order valence-electron chi connectivity index (χ0n) is 24.8. The molecule has 0 amide bonds. The molecule has 2 aromatic carbocycles. The topological polar surface area (TPSA) is 44.5 Å². The lowest BCUT2D eigenvalue weighted by Crippen LogP contribution is -2.33. The molecule has 3 atom stereocenters. The minimum absolute atomic E-state index is 0.209. The normalized spacial score (nSPS) is 17.0. The lowest BCUT2D eigenvalue weighted by atomic mass is 9.92. The van der Waals surface area contributed by atoms with Gasteiger partial charge in [0.1, 0.15) is 5.75 Å². The Kier molecular flexibility index (Phi) is 20.1. The van der Waals surface area contributed by atoms with Crippen LogP contribution in [-0.4, -0.2) is 12.4 Å². The van der Waals surface area contributed by atoms with Gasteiger partial charge in [0, 0.05) is 6.42 Å². The summed E-state index contributed by atoms with van der Waals surface area (Å²) in [5.74, 6) is 2.16. The van der Waals surface area contributed by atoms with Crippen LogP contribution in [0, 0.1) is 5.92 Å². The molecule has 2 N–H and O–H groups in total. The summed E-state index contributed by atoms with van der Waals surface area (Å²) in [6.45, 7) is 21.7. The second kappa shape index (κ2) is 21.6. The van der Waals surface area contributed by atoms with Crippen LogP contribution in [0.15, 0.2) is 73.8 Å². The van der Waals surface area contributed by atoms with E-state index in [0.29, 0.717) is 5.92 Å². The van der Waals surface area contributed by atoms with E-state index in [1.165, 1.54) is 24.0 Å². The van der Waals surface area contributed by atoms with Crippen molar-refractivity contribution in [3.63, 3.8) is 0 Å². The zero-order valence-corrected chi connectivity index (χ0v) is 24.8. The number of allylic oxidation sites excluding steroid dienone is 2. The van der Waals surface area contributed by atoms with Gasteiger partial charge in [-0.1, -0.05) is 117 Å². The summed E-state index contributed by atoms with van der Waals surface area (Å²) in [5, 5.41) is 0. The van der Waals surface area contributed by atoms with Gasteiger partial charge in [-0.3, -0.25) is 0 Å². The lowest BCUT2D eigenvalue weighted by Gasteiger charge is -2.31. The molecule has 0 aliphatic carbocycles. The van der Waals surface area contributed by atoms with Crippen molar-refractivity contribution in [1.29, 1.82) is 0 Å². The predicted molar refractivity (Wildman–Crippen MR) is 164 cm³/mol. The fraction of sp³-hybridized carbons (Fsp3) is 0.529. The van der Waals surface area contributed by atoms with Gasteiger partial charge < -0.3 is 15.2 Å². The van der Waals surface area contributed by atoms with Gasteiger partial charge in [0.25, 0.3) is 0 Å². The summed E-state index contributed by atoms with van der Waals surface area (Å²) in [5.41, 5.74) is 9.65. The van der Waals surface area contributed by atoms with Crippen LogP contribution in [0.1, 0.15) is 104 Å². The van der Waals surface area contributed by atoms with Crippen molar-refractivity contribution in [3.05, 3.63) is 85.0 Å². The van der Waals surface area contributed by atoms with Gasteiger partial charge in [0.05, 0.1) is 11.8 Å². The van der Waals surface area contributed by atoms with E-state index < -0.39 is 0 Å². The van der Waals surface area contributed by atoms with Gasteiger partial charge in [-0.25, -0.2) is 0 Å². The van der Waals surface area contributed by atoms with E-state index in [-0.39, 0.29) is 12.4 Å². The number of nitrogens with two attached hydrogens (primary N) is 1. The van der Waals surface area contributed by atoms with Crippen LogP contribution < -0.4 is 10.5 Å².